The van der Waals surface area contributed by atoms with E-state index < -0.39 is 0 Å². The molecule has 1 atom stereocenters. The van der Waals surface area contributed by atoms with E-state index in [0.29, 0.717) is 35.8 Å². The molecule has 3 aromatic carbocycles. The second-order valence-electron chi connectivity index (χ2n) is 7.72. The number of rotatable bonds is 7. The molecule has 1 aliphatic rings. The maximum Gasteiger partial charge on any atom is 0.319 e. The van der Waals surface area contributed by atoms with Crippen LogP contribution in [0.4, 0.5) is 14.9 Å². The fourth-order valence-corrected chi connectivity index (χ4v) is 3.69. The first-order valence-corrected chi connectivity index (χ1v) is 10.4. The van der Waals surface area contributed by atoms with Gasteiger partial charge < -0.3 is 24.8 Å². The van der Waals surface area contributed by atoms with E-state index in [0.717, 1.165) is 16.7 Å². The van der Waals surface area contributed by atoms with Crippen molar-refractivity contribution < 1.29 is 23.4 Å². The van der Waals surface area contributed by atoms with Crippen LogP contribution in [0.15, 0.2) is 60.7 Å². The Balaban J connectivity index is 1.51. The molecule has 4 rings (SSSR count). The van der Waals surface area contributed by atoms with E-state index in [-0.39, 0.29) is 24.7 Å². The minimum atomic E-state index is -0.346. The van der Waals surface area contributed by atoms with Gasteiger partial charge in [-0.15, -0.1) is 0 Å². The Morgan fingerprint density at radius 1 is 1.00 bits per heavy atom. The molecular weight excluding hydrogens is 411 g/mol. The molecular formula is C25H25FN2O4. The van der Waals surface area contributed by atoms with Crippen molar-refractivity contribution in [3.05, 3.63) is 83.2 Å². The number of carbonyl (C=O) groups excluding carboxylic acids is 1. The summed E-state index contributed by atoms with van der Waals surface area (Å²) in [4.78, 5) is 12.8. The number of carbonyl (C=O) groups is 1. The second kappa shape index (κ2) is 9.60. The zero-order valence-corrected chi connectivity index (χ0v) is 18.0. The molecule has 1 aliphatic heterocycles. The maximum absolute atomic E-state index is 13.3. The largest absolute Gasteiger partial charge is 0.495 e. The summed E-state index contributed by atoms with van der Waals surface area (Å²) in [6.07, 6.45) is 1.10. The number of nitrogens with one attached hydrogen (secondary N) is 2. The lowest BCUT2D eigenvalue weighted by atomic mass is 9.98. The molecule has 0 fully saturated rings. The van der Waals surface area contributed by atoms with E-state index in [1.807, 2.05) is 43.3 Å². The molecule has 7 heteroatoms. The highest BCUT2D eigenvalue weighted by Crippen LogP contribution is 2.33. The van der Waals surface area contributed by atoms with Crippen molar-refractivity contribution in [2.75, 3.05) is 19.2 Å². The maximum atomic E-state index is 13.3. The summed E-state index contributed by atoms with van der Waals surface area (Å²) >= 11 is 0. The summed E-state index contributed by atoms with van der Waals surface area (Å²) in [7, 11) is 1.56. The standard InChI is InChI=1S/C25H25FN2O4/c1-16-3-9-22(30-2)21(11-16)28-25(29)27-20(12-17-4-7-19(26)8-5-17)13-18-6-10-23-24(14-18)32-15-31-23/h3-11,14,20H,12-13,15H2,1-2H3,(H2,27,28,29)/t20-/m1/s1. The predicted molar refractivity (Wildman–Crippen MR) is 120 cm³/mol. The fraction of sp³-hybridized carbons (Fsp3) is 0.240. The van der Waals surface area contributed by atoms with Gasteiger partial charge in [0.2, 0.25) is 6.79 Å². The number of aryl methyl sites for hydroxylation is 1. The van der Waals surface area contributed by atoms with Gasteiger partial charge in [0.15, 0.2) is 11.5 Å². The van der Waals surface area contributed by atoms with Crippen LogP contribution in [0.25, 0.3) is 0 Å². The van der Waals surface area contributed by atoms with Crippen LogP contribution in [-0.2, 0) is 12.8 Å². The van der Waals surface area contributed by atoms with Crippen LogP contribution in [0.1, 0.15) is 16.7 Å². The zero-order chi connectivity index (χ0) is 22.5. The Labute approximate surface area is 186 Å². The lowest BCUT2D eigenvalue weighted by Gasteiger charge is -2.20. The average Bonchev–Trinajstić information content (AvgIpc) is 3.23. The van der Waals surface area contributed by atoms with E-state index in [2.05, 4.69) is 10.6 Å². The number of ether oxygens (including phenoxy) is 3. The second-order valence-corrected chi connectivity index (χ2v) is 7.72. The number of urea groups is 1. The number of hydrogen-bond acceptors (Lipinski definition) is 4. The Morgan fingerprint density at radius 3 is 2.50 bits per heavy atom. The molecule has 32 heavy (non-hydrogen) atoms. The molecule has 0 radical (unpaired) electrons. The molecule has 0 saturated heterocycles. The van der Waals surface area contributed by atoms with Crippen LogP contribution in [0.5, 0.6) is 17.2 Å². The summed E-state index contributed by atoms with van der Waals surface area (Å²) in [6, 6.07) is 17.0. The van der Waals surface area contributed by atoms with Gasteiger partial charge in [-0.05, 0) is 72.9 Å². The SMILES string of the molecule is COc1ccc(C)cc1NC(=O)N[C@H](Cc1ccc(F)cc1)Cc1ccc2c(c1)OCO2. The summed E-state index contributed by atoms with van der Waals surface area (Å²) < 4.78 is 29.5. The van der Waals surface area contributed by atoms with E-state index >= 15 is 0 Å². The minimum absolute atomic E-state index is 0.205. The first-order chi connectivity index (χ1) is 15.5. The van der Waals surface area contributed by atoms with Crippen molar-refractivity contribution in [1.29, 1.82) is 0 Å². The highest BCUT2D eigenvalue weighted by molar-refractivity contribution is 5.91. The smallest absolute Gasteiger partial charge is 0.319 e. The number of anilines is 1. The molecule has 0 unspecified atom stereocenters. The van der Waals surface area contributed by atoms with Gasteiger partial charge in [0, 0.05) is 6.04 Å². The molecule has 166 valence electrons. The van der Waals surface area contributed by atoms with Gasteiger partial charge in [-0.25, -0.2) is 9.18 Å². The Kier molecular flexibility index (Phi) is 6.44. The highest BCUT2D eigenvalue weighted by Gasteiger charge is 2.18. The molecule has 1 heterocycles. The third-order valence-electron chi connectivity index (χ3n) is 5.25. The third-order valence-corrected chi connectivity index (χ3v) is 5.25. The van der Waals surface area contributed by atoms with Crippen molar-refractivity contribution in [2.45, 2.75) is 25.8 Å². The van der Waals surface area contributed by atoms with Crippen LogP contribution >= 0.6 is 0 Å². The van der Waals surface area contributed by atoms with E-state index in [9.17, 15) is 9.18 Å². The fourth-order valence-electron chi connectivity index (χ4n) is 3.69. The van der Waals surface area contributed by atoms with Gasteiger partial charge in [-0.1, -0.05) is 24.3 Å². The van der Waals surface area contributed by atoms with Crippen molar-refractivity contribution in [2.24, 2.45) is 0 Å². The van der Waals surface area contributed by atoms with Crippen LogP contribution < -0.4 is 24.8 Å². The lowest BCUT2D eigenvalue weighted by molar-refractivity contribution is 0.174. The number of methoxy groups -OCH3 is 1. The number of amides is 2. The van der Waals surface area contributed by atoms with Gasteiger partial charge in [0.05, 0.1) is 12.8 Å². The quantitative estimate of drug-likeness (QED) is 0.556. The Hall–Kier alpha value is -3.74. The topological polar surface area (TPSA) is 68.8 Å². The normalized spacial score (nSPS) is 12.8. The molecule has 0 spiro atoms. The van der Waals surface area contributed by atoms with Crippen LogP contribution in [0.3, 0.4) is 0 Å². The molecule has 0 saturated carbocycles. The zero-order valence-electron chi connectivity index (χ0n) is 18.0. The van der Waals surface area contributed by atoms with Gasteiger partial charge in [0.1, 0.15) is 11.6 Å². The van der Waals surface area contributed by atoms with Crippen LogP contribution in [0.2, 0.25) is 0 Å². The highest BCUT2D eigenvalue weighted by atomic mass is 19.1. The number of hydrogen-bond donors (Lipinski definition) is 2. The van der Waals surface area contributed by atoms with Crippen molar-refractivity contribution in [3.63, 3.8) is 0 Å². The summed E-state index contributed by atoms with van der Waals surface area (Å²) in [5.41, 5.74) is 3.51. The first-order valence-electron chi connectivity index (χ1n) is 10.4. The molecule has 6 nitrogen and oxygen atoms in total. The number of fused-ring (bicyclic) bond motifs is 1. The predicted octanol–water partition coefficient (Wildman–Crippen LogP) is 4.85. The van der Waals surface area contributed by atoms with Crippen LogP contribution in [-0.4, -0.2) is 26.0 Å². The van der Waals surface area contributed by atoms with Gasteiger partial charge in [0.25, 0.3) is 0 Å². The van der Waals surface area contributed by atoms with Gasteiger partial charge in [-0.2, -0.15) is 0 Å². The molecule has 3 aromatic rings. The summed E-state index contributed by atoms with van der Waals surface area (Å²) in [6.45, 7) is 2.15. The molecule has 0 aromatic heterocycles. The average molecular weight is 436 g/mol. The first kappa shape index (κ1) is 21.5. The van der Waals surface area contributed by atoms with Crippen molar-refractivity contribution >= 4 is 11.7 Å². The van der Waals surface area contributed by atoms with Crippen molar-refractivity contribution in [3.8, 4) is 17.2 Å². The lowest BCUT2D eigenvalue weighted by Crippen LogP contribution is -2.40. The van der Waals surface area contributed by atoms with E-state index in [4.69, 9.17) is 14.2 Å². The van der Waals surface area contributed by atoms with E-state index in [1.54, 1.807) is 19.2 Å². The Bertz CT molecular complexity index is 1100. The number of benzene rings is 3. The van der Waals surface area contributed by atoms with E-state index in [1.165, 1.54) is 12.1 Å². The monoisotopic (exact) mass is 436 g/mol. The summed E-state index contributed by atoms with van der Waals surface area (Å²) in [5, 5.41) is 5.92. The van der Waals surface area contributed by atoms with Gasteiger partial charge >= 0.3 is 6.03 Å². The van der Waals surface area contributed by atoms with Gasteiger partial charge in [-0.3, -0.25) is 0 Å². The third kappa shape index (κ3) is 5.29. The molecule has 0 aliphatic carbocycles. The molecule has 0 bridgehead atoms. The number of halogens is 1. The van der Waals surface area contributed by atoms with Crippen LogP contribution in [0, 0.1) is 12.7 Å². The van der Waals surface area contributed by atoms with Crippen molar-refractivity contribution in [1.82, 2.24) is 5.32 Å². The summed E-state index contributed by atoms with van der Waals surface area (Å²) in [5.74, 6) is 1.69. The minimum Gasteiger partial charge on any atom is -0.495 e. The molecule has 2 N–H and O–H groups in total. The molecule has 2 amide bonds. The Morgan fingerprint density at radius 2 is 1.72 bits per heavy atom.